The van der Waals surface area contributed by atoms with Crippen LogP contribution in [0.3, 0.4) is 0 Å². The first kappa shape index (κ1) is 17.8. The predicted molar refractivity (Wildman–Crippen MR) is 96.5 cm³/mol. The van der Waals surface area contributed by atoms with Crippen molar-refractivity contribution >= 4 is 11.7 Å². The number of aromatic nitrogens is 1. The predicted octanol–water partition coefficient (Wildman–Crippen LogP) is 3.79. The van der Waals surface area contributed by atoms with Crippen LogP contribution < -0.4 is 15.4 Å². The third-order valence-electron chi connectivity index (χ3n) is 3.49. The molecule has 1 atom stereocenters. The minimum atomic E-state index is -0.152. The summed E-state index contributed by atoms with van der Waals surface area (Å²) in [5.74, 6) is 1.25. The maximum Gasteiger partial charge on any atom is 0.255 e. The second-order valence-electron chi connectivity index (χ2n) is 5.90. The van der Waals surface area contributed by atoms with Crippen LogP contribution in [0.2, 0.25) is 0 Å². The van der Waals surface area contributed by atoms with E-state index >= 15 is 0 Å². The summed E-state index contributed by atoms with van der Waals surface area (Å²) in [5.41, 5.74) is 1.54. The number of hydrogen-bond donors (Lipinski definition) is 2. The Morgan fingerprint density at radius 1 is 1.21 bits per heavy atom. The highest BCUT2D eigenvalue weighted by Gasteiger charge is 2.16. The number of nitrogens with one attached hydrogen (secondary N) is 2. The van der Waals surface area contributed by atoms with Gasteiger partial charge in [-0.05, 0) is 57.5 Å². The van der Waals surface area contributed by atoms with E-state index in [1.807, 2.05) is 52.0 Å². The Morgan fingerprint density at radius 3 is 2.71 bits per heavy atom. The largest absolute Gasteiger partial charge is 0.494 e. The van der Waals surface area contributed by atoms with Crippen LogP contribution in [-0.2, 0) is 0 Å². The van der Waals surface area contributed by atoms with Crippen LogP contribution in [0, 0.1) is 0 Å². The average Bonchev–Trinajstić information content (AvgIpc) is 2.55. The second kappa shape index (κ2) is 8.34. The molecule has 1 heterocycles. The highest BCUT2D eigenvalue weighted by molar-refractivity contribution is 5.98. The van der Waals surface area contributed by atoms with Crippen LogP contribution in [-0.4, -0.2) is 23.5 Å². The van der Waals surface area contributed by atoms with Gasteiger partial charge in [-0.15, -0.1) is 0 Å². The molecule has 2 rings (SSSR count). The summed E-state index contributed by atoms with van der Waals surface area (Å²) in [6.07, 6.45) is 1.68. The molecule has 0 saturated heterocycles. The molecule has 0 saturated carbocycles. The molecule has 2 aromatic rings. The number of carbonyl (C=O) groups excluding carboxylic acids is 1. The molecule has 1 aromatic carbocycles. The number of rotatable bonds is 7. The molecule has 1 unspecified atom stereocenters. The molecule has 0 fully saturated rings. The fourth-order valence-corrected chi connectivity index (χ4v) is 2.38. The number of anilines is 1. The van der Waals surface area contributed by atoms with Crippen molar-refractivity contribution in [3.05, 3.63) is 53.7 Å². The smallest absolute Gasteiger partial charge is 0.255 e. The highest BCUT2D eigenvalue weighted by atomic mass is 16.5. The zero-order valence-corrected chi connectivity index (χ0v) is 14.7. The van der Waals surface area contributed by atoms with Crippen molar-refractivity contribution in [2.24, 2.45) is 0 Å². The number of pyridine rings is 1. The molecule has 5 nitrogen and oxygen atoms in total. The molecule has 2 N–H and O–H groups in total. The van der Waals surface area contributed by atoms with Crippen molar-refractivity contribution in [3.63, 3.8) is 0 Å². The van der Waals surface area contributed by atoms with Crippen molar-refractivity contribution in [1.29, 1.82) is 0 Å². The minimum absolute atomic E-state index is 0.134. The molecule has 0 bridgehead atoms. The van der Waals surface area contributed by atoms with Crippen LogP contribution in [0.5, 0.6) is 5.75 Å². The van der Waals surface area contributed by atoms with Gasteiger partial charge in [0.25, 0.3) is 5.91 Å². The lowest BCUT2D eigenvalue weighted by Crippen LogP contribution is -2.28. The van der Waals surface area contributed by atoms with Gasteiger partial charge in [0.2, 0.25) is 0 Å². The summed E-state index contributed by atoms with van der Waals surface area (Å²) < 4.78 is 5.52. The fourth-order valence-electron chi connectivity index (χ4n) is 2.38. The molecule has 1 aromatic heterocycles. The van der Waals surface area contributed by atoms with Gasteiger partial charge in [-0.25, -0.2) is 4.98 Å². The summed E-state index contributed by atoms with van der Waals surface area (Å²) in [4.78, 5) is 16.9. The van der Waals surface area contributed by atoms with E-state index in [4.69, 9.17) is 4.74 Å². The van der Waals surface area contributed by atoms with Gasteiger partial charge in [-0.2, -0.15) is 0 Å². The van der Waals surface area contributed by atoms with Crippen molar-refractivity contribution in [2.75, 3.05) is 11.9 Å². The van der Waals surface area contributed by atoms with E-state index in [1.165, 1.54) is 0 Å². The van der Waals surface area contributed by atoms with E-state index in [9.17, 15) is 4.79 Å². The van der Waals surface area contributed by atoms with Crippen molar-refractivity contribution in [3.8, 4) is 5.75 Å². The monoisotopic (exact) mass is 327 g/mol. The lowest BCUT2D eigenvalue weighted by Gasteiger charge is -2.17. The average molecular weight is 327 g/mol. The number of carbonyl (C=O) groups is 1. The number of ether oxygens (including phenoxy) is 1. The lowest BCUT2D eigenvalue weighted by molar-refractivity contribution is 0.0940. The molecule has 0 radical (unpaired) electrons. The molecule has 0 spiro atoms. The number of hydrogen-bond acceptors (Lipinski definition) is 4. The zero-order chi connectivity index (χ0) is 17.5. The van der Waals surface area contributed by atoms with Gasteiger partial charge in [0.05, 0.1) is 18.2 Å². The summed E-state index contributed by atoms with van der Waals surface area (Å²) in [6.45, 7) is 8.54. The first-order chi connectivity index (χ1) is 11.5. The quantitative estimate of drug-likeness (QED) is 0.812. The Morgan fingerprint density at radius 2 is 2.00 bits per heavy atom. The molecule has 128 valence electrons. The Kier molecular flexibility index (Phi) is 6.18. The van der Waals surface area contributed by atoms with Gasteiger partial charge in [0.1, 0.15) is 11.6 Å². The number of benzene rings is 1. The minimum Gasteiger partial charge on any atom is -0.494 e. The van der Waals surface area contributed by atoms with Gasteiger partial charge in [-0.3, -0.25) is 4.79 Å². The number of amides is 1. The summed E-state index contributed by atoms with van der Waals surface area (Å²) >= 11 is 0. The summed E-state index contributed by atoms with van der Waals surface area (Å²) in [5, 5.41) is 6.22. The van der Waals surface area contributed by atoms with Crippen molar-refractivity contribution < 1.29 is 9.53 Å². The summed E-state index contributed by atoms with van der Waals surface area (Å²) in [6, 6.07) is 11.4. The SMILES string of the molecule is CCOc1cccc(C(C)NC(=O)c2cccnc2NC(C)C)c1. The van der Waals surface area contributed by atoms with Gasteiger partial charge in [-0.1, -0.05) is 12.1 Å². The Hall–Kier alpha value is -2.56. The van der Waals surface area contributed by atoms with E-state index in [-0.39, 0.29) is 18.0 Å². The van der Waals surface area contributed by atoms with Gasteiger partial charge < -0.3 is 15.4 Å². The van der Waals surface area contributed by atoms with Crippen molar-refractivity contribution in [1.82, 2.24) is 10.3 Å². The van der Waals surface area contributed by atoms with E-state index in [1.54, 1.807) is 18.3 Å². The van der Waals surface area contributed by atoms with Crippen LogP contribution in [0.1, 0.15) is 49.7 Å². The molecular formula is C19H25N3O2. The molecule has 0 aliphatic heterocycles. The molecule has 1 amide bonds. The number of nitrogens with zero attached hydrogens (tertiary/aromatic N) is 1. The zero-order valence-electron chi connectivity index (χ0n) is 14.7. The first-order valence-corrected chi connectivity index (χ1v) is 8.26. The van der Waals surface area contributed by atoms with E-state index in [0.717, 1.165) is 11.3 Å². The highest BCUT2D eigenvalue weighted by Crippen LogP contribution is 2.20. The standard InChI is InChI=1S/C19H25N3O2/c1-5-24-16-9-6-8-15(12-16)14(4)22-19(23)17-10-7-11-20-18(17)21-13(2)3/h6-14H,5H2,1-4H3,(H,20,21)(H,22,23). The molecule has 0 aliphatic rings. The second-order valence-corrected chi connectivity index (χ2v) is 5.90. The molecule has 5 heteroatoms. The first-order valence-electron chi connectivity index (χ1n) is 8.26. The molecule has 0 aliphatic carbocycles. The maximum absolute atomic E-state index is 12.6. The normalized spacial score (nSPS) is 11.9. The van der Waals surface area contributed by atoms with Crippen LogP contribution in [0.4, 0.5) is 5.82 Å². The van der Waals surface area contributed by atoms with Crippen LogP contribution in [0.15, 0.2) is 42.6 Å². The fraction of sp³-hybridized carbons (Fsp3) is 0.368. The third-order valence-corrected chi connectivity index (χ3v) is 3.49. The van der Waals surface area contributed by atoms with E-state index in [2.05, 4.69) is 15.6 Å². The molecule has 24 heavy (non-hydrogen) atoms. The topological polar surface area (TPSA) is 63.2 Å². The van der Waals surface area contributed by atoms with Gasteiger partial charge in [0.15, 0.2) is 0 Å². The Balaban J connectivity index is 2.13. The Bertz CT molecular complexity index is 686. The van der Waals surface area contributed by atoms with E-state index < -0.39 is 0 Å². The lowest BCUT2D eigenvalue weighted by atomic mass is 10.1. The Labute approximate surface area is 143 Å². The third kappa shape index (κ3) is 4.72. The molecular weight excluding hydrogens is 302 g/mol. The van der Waals surface area contributed by atoms with Crippen molar-refractivity contribution in [2.45, 2.75) is 39.8 Å². The van der Waals surface area contributed by atoms with Crippen LogP contribution in [0.25, 0.3) is 0 Å². The van der Waals surface area contributed by atoms with E-state index in [0.29, 0.717) is 18.0 Å². The van der Waals surface area contributed by atoms with Gasteiger partial charge in [0, 0.05) is 12.2 Å². The maximum atomic E-state index is 12.6. The van der Waals surface area contributed by atoms with Crippen LogP contribution >= 0.6 is 0 Å². The van der Waals surface area contributed by atoms with Gasteiger partial charge >= 0.3 is 0 Å². The summed E-state index contributed by atoms with van der Waals surface area (Å²) in [7, 11) is 0.